The van der Waals surface area contributed by atoms with E-state index in [1.807, 2.05) is 19.1 Å². The van der Waals surface area contributed by atoms with Crippen molar-refractivity contribution in [2.24, 2.45) is 4.99 Å². The molecule has 6 heteroatoms. The smallest absolute Gasteiger partial charge is 0.191 e. The molecule has 3 rings (SSSR count). The van der Waals surface area contributed by atoms with Gasteiger partial charge in [-0.3, -0.25) is 4.99 Å². The van der Waals surface area contributed by atoms with Gasteiger partial charge in [0.05, 0.1) is 13.2 Å². The second-order valence-electron chi connectivity index (χ2n) is 6.34. The van der Waals surface area contributed by atoms with Crippen LogP contribution in [0.5, 0.6) is 5.75 Å². The van der Waals surface area contributed by atoms with E-state index in [-0.39, 0.29) is 41.6 Å². The number of hydrogen-bond acceptors (Lipinski definition) is 2. The predicted octanol–water partition coefficient (Wildman–Crippen LogP) is 4.23. The first kappa shape index (κ1) is 20.5. The number of benzene rings is 2. The summed E-state index contributed by atoms with van der Waals surface area (Å²) in [5.41, 5.74) is 2.19. The molecule has 1 fully saturated rings. The topological polar surface area (TPSA) is 45.7 Å². The number of nitrogens with one attached hydrogen (secondary N) is 2. The molecule has 26 heavy (non-hydrogen) atoms. The summed E-state index contributed by atoms with van der Waals surface area (Å²) in [6, 6.07) is 15.8. The zero-order valence-electron chi connectivity index (χ0n) is 15.2. The van der Waals surface area contributed by atoms with E-state index >= 15 is 0 Å². The fourth-order valence-electron chi connectivity index (χ4n) is 3.01. The molecule has 1 aliphatic carbocycles. The standard InChI is InChI=1S/C20H24FN3O.HI/c1-13(15-9-10-19(25-3)17(21)11-15)23-20(22-2)24-18-12-16(18)14-7-5-4-6-8-14;/h4-11,13,16,18H,12H2,1-3H3,(H2,22,23,24);1H. The fraction of sp³-hybridized carbons (Fsp3) is 0.350. The number of ether oxygens (including phenoxy) is 1. The number of hydrogen-bond donors (Lipinski definition) is 2. The number of aliphatic imine (C=N–C) groups is 1. The molecule has 0 saturated heterocycles. The third-order valence-corrected chi connectivity index (χ3v) is 4.59. The lowest BCUT2D eigenvalue weighted by Crippen LogP contribution is -2.40. The Morgan fingerprint density at radius 2 is 1.96 bits per heavy atom. The molecule has 140 valence electrons. The van der Waals surface area contributed by atoms with Crippen LogP contribution in [-0.4, -0.2) is 26.2 Å². The molecular formula is C20H25FIN3O. The maximum absolute atomic E-state index is 13.9. The lowest BCUT2D eigenvalue weighted by atomic mass is 10.1. The number of methoxy groups -OCH3 is 1. The van der Waals surface area contributed by atoms with Crippen LogP contribution >= 0.6 is 24.0 Å². The average Bonchev–Trinajstić information content (AvgIpc) is 3.41. The molecule has 1 saturated carbocycles. The highest BCUT2D eigenvalue weighted by molar-refractivity contribution is 14.0. The van der Waals surface area contributed by atoms with E-state index < -0.39 is 0 Å². The summed E-state index contributed by atoms with van der Waals surface area (Å²) >= 11 is 0. The maximum Gasteiger partial charge on any atom is 0.191 e. The minimum absolute atomic E-state index is 0. The van der Waals surface area contributed by atoms with Crippen molar-refractivity contribution in [1.82, 2.24) is 10.6 Å². The molecule has 0 amide bonds. The minimum Gasteiger partial charge on any atom is -0.494 e. The first-order valence-corrected chi connectivity index (χ1v) is 8.50. The Bertz CT molecular complexity index is 754. The SMILES string of the molecule is CN=C(NC(C)c1ccc(OC)c(F)c1)NC1CC1c1ccccc1.I. The van der Waals surface area contributed by atoms with Gasteiger partial charge in [0.15, 0.2) is 17.5 Å². The molecule has 1 aliphatic rings. The molecule has 2 aromatic carbocycles. The van der Waals surface area contributed by atoms with Crippen LogP contribution in [0.15, 0.2) is 53.5 Å². The molecule has 0 heterocycles. The number of rotatable bonds is 5. The van der Waals surface area contributed by atoms with Crippen LogP contribution in [0.4, 0.5) is 4.39 Å². The molecule has 0 spiro atoms. The number of halogens is 2. The van der Waals surface area contributed by atoms with Crippen LogP contribution < -0.4 is 15.4 Å². The molecule has 0 bridgehead atoms. The lowest BCUT2D eigenvalue weighted by molar-refractivity contribution is 0.386. The Morgan fingerprint density at radius 3 is 2.58 bits per heavy atom. The Hall–Kier alpha value is -1.83. The summed E-state index contributed by atoms with van der Waals surface area (Å²) in [6.45, 7) is 1.98. The maximum atomic E-state index is 13.9. The van der Waals surface area contributed by atoms with E-state index in [4.69, 9.17) is 4.74 Å². The molecule has 0 aromatic heterocycles. The highest BCUT2D eigenvalue weighted by atomic mass is 127. The number of guanidine groups is 1. The Kier molecular flexibility index (Phi) is 7.25. The third-order valence-electron chi connectivity index (χ3n) is 4.59. The van der Waals surface area contributed by atoms with Gasteiger partial charge in [0.1, 0.15) is 0 Å². The summed E-state index contributed by atoms with van der Waals surface area (Å²) in [5, 5.41) is 6.77. The molecule has 0 radical (unpaired) electrons. The van der Waals surface area contributed by atoms with Gasteiger partial charge in [0.2, 0.25) is 0 Å². The monoisotopic (exact) mass is 469 g/mol. The van der Waals surface area contributed by atoms with Crippen molar-refractivity contribution in [3.05, 3.63) is 65.5 Å². The van der Waals surface area contributed by atoms with Gasteiger partial charge in [-0.1, -0.05) is 36.4 Å². The predicted molar refractivity (Wildman–Crippen MR) is 114 cm³/mol. The van der Waals surface area contributed by atoms with Crippen molar-refractivity contribution >= 4 is 29.9 Å². The van der Waals surface area contributed by atoms with Crippen molar-refractivity contribution in [3.63, 3.8) is 0 Å². The van der Waals surface area contributed by atoms with E-state index in [0.29, 0.717) is 12.0 Å². The first-order chi connectivity index (χ1) is 12.1. The quantitative estimate of drug-likeness (QED) is 0.392. The minimum atomic E-state index is -0.358. The molecule has 0 aliphatic heterocycles. The van der Waals surface area contributed by atoms with Gasteiger partial charge in [-0.15, -0.1) is 24.0 Å². The van der Waals surface area contributed by atoms with Gasteiger partial charge in [-0.25, -0.2) is 4.39 Å². The molecular weight excluding hydrogens is 444 g/mol. The van der Waals surface area contributed by atoms with Gasteiger partial charge < -0.3 is 15.4 Å². The molecule has 2 N–H and O–H groups in total. The van der Waals surface area contributed by atoms with Crippen LogP contribution in [0.2, 0.25) is 0 Å². The number of nitrogens with zero attached hydrogens (tertiary/aromatic N) is 1. The summed E-state index contributed by atoms with van der Waals surface area (Å²) in [5.74, 6) is 1.14. The van der Waals surface area contributed by atoms with Crippen molar-refractivity contribution in [1.29, 1.82) is 0 Å². The zero-order chi connectivity index (χ0) is 17.8. The van der Waals surface area contributed by atoms with Gasteiger partial charge in [0, 0.05) is 19.0 Å². The van der Waals surface area contributed by atoms with Gasteiger partial charge in [0.25, 0.3) is 0 Å². The summed E-state index contributed by atoms with van der Waals surface area (Å²) in [4.78, 5) is 4.29. The van der Waals surface area contributed by atoms with E-state index in [1.54, 1.807) is 13.1 Å². The van der Waals surface area contributed by atoms with Crippen LogP contribution in [0.25, 0.3) is 0 Å². The van der Waals surface area contributed by atoms with Gasteiger partial charge >= 0.3 is 0 Å². The van der Waals surface area contributed by atoms with E-state index in [9.17, 15) is 4.39 Å². The fourth-order valence-corrected chi connectivity index (χ4v) is 3.01. The molecule has 4 nitrogen and oxygen atoms in total. The molecule has 2 aromatic rings. The van der Waals surface area contributed by atoms with Crippen LogP contribution in [0.3, 0.4) is 0 Å². The average molecular weight is 469 g/mol. The lowest BCUT2D eigenvalue weighted by Gasteiger charge is -2.19. The zero-order valence-corrected chi connectivity index (χ0v) is 17.5. The van der Waals surface area contributed by atoms with Gasteiger partial charge in [-0.05, 0) is 36.6 Å². The molecule has 3 atom stereocenters. The normalized spacial score (nSPS) is 19.9. The van der Waals surface area contributed by atoms with Crippen molar-refractivity contribution < 1.29 is 9.13 Å². The van der Waals surface area contributed by atoms with E-state index in [1.165, 1.54) is 18.7 Å². The van der Waals surface area contributed by atoms with Crippen LogP contribution in [0.1, 0.15) is 36.4 Å². The summed E-state index contributed by atoms with van der Waals surface area (Å²) in [6.07, 6.45) is 1.09. The Morgan fingerprint density at radius 1 is 1.23 bits per heavy atom. The highest BCUT2D eigenvalue weighted by Crippen LogP contribution is 2.40. The second kappa shape index (κ2) is 9.21. The van der Waals surface area contributed by atoms with Crippen molar-refractivity contribution in [2.75, 3.05) is 14.2 Å². The van der Waals surface area contributed by atoms with Crippen molar-refractivity contribution in [3.8, 4) is 5.75 Å². The van der Waals surface area contributed by atoms with Crippen LogP contribution in [-0.2, 0) is 0 Å². The van der Waals surface area contributed by atoms with Crippen molar-refractivity contribution in [2.45, 2.75) is 31.3 Å². The molecule has 3 unspecified atom stereocenters. The second-order valence-corrected chi connectivity index (χ2v) is 6.34. The highest BCUT2D eigenvalue weighted by Gasteiger charge is 2.38. The van der Waals surface area contributed by atoms with E-state index in [2.05, 4.69) is 39.9 Å². The first-order valence-electron chi connectivity index (χ1n) is 8.50. The van der Waals surface area contributed by atoms with Crippen LogP contribution in [0, 0.1) is 5.82 Å². The van der Waals surface area contributed by atoms with E-state index in [0.717, 1.165) is 17.9 Å². The third kappa shape index (κ3) is 4.87. The summed E-state index contributed by atoms with van der Waals surface area (Å²) in [7, 11) is 3.21. The largest absolute Gasteiger partial charge is 0.494 e. The summed E-state index contributed by atoms with van der Waals surface area (Å²) < 4.78 is 18.9. The Balaban J connectivity index is 0.00000243. The van der Waals surface area contributed by atoms with Gasteiger partial charge in [-0.2, -0.15) is 0 Å². The Labute approximate surface area is 171 Å².